The molecule has 1 saturated heterocycles. The van der Waals surface area contributed by atoms with Gasteiger partial charge in [-0.25, -0.2) is 8.42 Å². The average Bonchev–Trinajstić information content (AvgIpc) is 2.94. The molecule has 0 aromatic heterocycles. The van der Waals surface area contributed by atoms with Crippen molar-refractivity contribution in [2.45, 2.75) is 24.5 Å². The van der Waals surface area contributed by atoms with E-state index in [2.05, 4.69) is 4.90 Å². The Morgan fingerprint density at radius 3 is 2.45 bits per heavy atom. The Morgan fingerprint density at radius 2 is 1.71 bits per heavy atom. The Hall–Kier alpha value is -2.33. The van der Waals surface area contributed by atoms with E-state index < -0.39 is 10.0 Å². The predicted octanol–water partition coefficient (Wildman–Crippen LogP) is 5.49. The van der Waals surface area contributed by atoms with Gasteiger partial charge in [-0.15, -0.1) is 0 Å². The van der Waals surface area contributed by atoms with Gasteiger partial charge in [0.05, 0.1) is 25.3 Å². The third-order valence-corrected chi connectivity index (χ3v) is 8.88. The van der Waals surface area contributed by atoms with Crippen LogP contribution < -0.4 is 9.47 Å². The van der Waals surface area contributed by atoms with Crippen LogP contribution in [0.1, 0.15) is 17.5 Å². The van der Waals surface area contributed by atoms with Crippen molar-refractivity contribution in [2.75, 3.05) is 46.5 Å². The molecular weight excluding hydrogens is 547 g/mol. The molecule has 3 aromatic carbocycles. The number of ether oxygens (including phenoxy) is 3. The molecule has 1 heterocycles. The maximum absolute atomic E-state index is 13.8. The second-order valence-corrected chi connectivity index (χ2v) is 11.7. The van der Waals surface area contributed by atoms with E-state index in [4.69, 9.17) is 37.4 Å². The summed E-state index contributed by atoms with van der Waals surface area (Å²) in [7, 11) is -2.36. The highest BCUT2D eigenvalue weighted by Crippen LogP contribution is 2.32. The third kappa shape index (κ3) is 7.62. The molecule has 0 spiro atoms. The van der Waals surface area contributed by atoms with E-state index in [1.54, 1.807) is 13.2 Å². The maximum atomic E-state index is 13.8. The number of morpholine rings is 1. The fourth-order valence-electron chi connectivity index (χ4n) is 4.26. The van der Waals surface area contributed by atoms with Crippen LogP contribution >= 0.6 is 23.2 Å². The molecule has 0 aliphatic carbocycles. The molecule has 0 N–H and O–H groups in total. The molecule has 38 heavy (non-hydrogen) atoms. The smallest absolute Gasteiger partial charge is 0.244 e. The van der Waals surface area contributed by atoms with Crippen molar-refractivity contribution in [3.8, 4) is 11.5 Å². The number of nitrogens with zero attached hydrogens (tertiary/aromatic N) is 2. The lowest BCUT2D eigenvalue weighted by Gasteiger charge is -2.28. The van der Waals surface area contributed by atoms with Gasteiger partial charge in [-0.1, -0.05) is 59.6 Å². The van der Waals surface area contributed by atoms with Crippen LogP contribution in [0.2, 0.25) is 10.0 Å². The van der Waals surface area contributed by atoms with Crippen molar-refractivity contribution in [3.05, 3.63) is 87.9 Å². The van der Waals surface area contributed by atoms with Crippen molar-refractivity contribution < 1.29 is 22.6 Å². The van der Waals surface area contributed by atoms with Gasteiger partial charge in [-0.3, -0.25) is 4.90 Å². The molecule has 4 rings (SSSR count). The molecule has 1 fully saturated rings. The van der Waals surface area contributed by atoms with Crippen LogP contribution in [-0.2, 0) is 27.9 Å². The Labute approximate surface area is 234 Å². The topological polar surface area (TPSA) is 68.3 Å². The SMILES string of the molecule is COc1cc(CN(CCCN2CCOCC2)S(=O)(=O)c2cc(Cl)ccc2Cl)ccc1OCc1ccccc1. The molecule has 0 amide bonds. The van der Waals surface area contributed by atoms with E-state index in [0.717, 1.165) is 30.8 Å². The quantitative estimate of drug-likeness (QED) is 0.283. The minimum atomic E-state index is -3.93. The van der Waals surface area contributed by atoms with E-state index in [9.17, 15) is 8.42 Å². The monoisotopic (exact) mass is 578 g/mol. The normalized spacial score (nSPS) is 14.5. The molecule has 1 aliphatic rings. The number of halogens is 2. The van der Waals surface area contributed by atoms with E-state index in [-0.39, 0.29) is 16.5 Å². The maximum Gasteiger partial charge on any atom is 0.244 e. The van der Waals surface area contributed by atoms with Crippen molar-refractivity contribution in [1.29, 1.82) is 0 Å². The van der Waals surface area contributed by atoms with E-state index in [0.29, 0.717) is 49.3 Å². The zero-order valence-electron chi connectivity index (χ0n) is 21.3. The van der Waals surface area contributed by atoms with Gasteiger partial charge in [0.1, 0.15) is 11.5 Å². The number of hydrogen-bond donors (Lipinski definition) is 0. The Morgan fingerprint density at radius 1 is 0.947 bits per heavy atom. The summed E-state index contributed by atoms with van der Waals surface area (Å²) >= 11 is 12.4. The lowest BCUT2D eigenvalue weighted by Crippen LogP contribution is -2.39. The third-order valence-electron chi connectivity index (χ3n) is 6.32. The fraction of sp³-hybridized carbons (Fsp3) is 0.357. The van der Waals surface area contributed by atoms with Crippen LogP contribution in [0, 0.1) is 0 Å². The van der Waals surface area contributed by atoms with Crippen LogP contribution in [-0.4, -0.2) is 64.1 Å². The summed E-state index contributed by atoms with van der Waals surface area (Å²) in [6.45, 7) is 4.70. The standard InChI is InChI=1S/C28H32Cl2N2O5S/c1-35-27-18-23(8-11-26(27)37-21-22-6-3-2-4-7-22)20-32(13-5-12-31-14-16-36-17-15-31)38(33,34)28-19-24(29)9-10-25(28)30/h2-4,6-11,18-19H,5,12-17,20-21H2,1H3. The van der Waals surface area contributed by atoms with E-state index in [1.165, 1.54) is 16.4 Å². The average molecular weight is 580 g/mol. The van der Waals surface area contributed by atoms with Crippen molar-refractivity contribution >= 4 is 33.2 Å². The lowest BCUT2D eigenvalue weighted by atomic mass is 10.2. The van der Waals surface area contributed by atoms with Crippen LogP contribution in [0.3, 0.4) is 0 Å². The molecule has 0 unspecified atom stereocenters. The summed E-state index contributed by atoms with van der Waals surface area (Å²) in [4.78, 5) is 2.27. The Kier molecular flexibility index (Phi) is 10.3. The second-order valence-electron chi connectivity index (χ2n) is 8.98. The van der Waals surface area contributed by atoms with Crippen LogP contribution in [0.4, 0.5) is 0 Å². The molecule has 204 valence electrons. The van der Waals surface area contributed by atoms with Crippen molar-refractivity contribution in [3.63, 3.8) is 0 Å². The number of rotatable bonds is 12. The lowest BCUT2D eigenvalue weighted by molar-refractivity contribution is 0.0368. The molecular formula is C28H32Cl2N2O5S. The summed E-state index contributed by atoms with van der Waals surface area (Å²) in [5, 5.41) is 0.442. The number of sulfonamides is 1. The van der Waals surface area contributed by atoms with Gasteiger partial charge < -0.3 is 14.2 Å². The van der Waals surface area contributed by atoms with Gasteiger partial charge in [-0.05, 0) is 54.4 Å². The Bertz CT molecular complexity index is 1300. The highest BCUT2D eigenvalue weighted by Gasteiger charge is 2.28. The first kappa shape index (κ1) is 28.7. The first-order valence-corrected chi connectivity index (χ1v) is 14.7. The molecule has 7 nitrogen and oxygen atoms in total. The largest absolute Gasteiger partial charge is 0.493 e. The minimum absolute atomic E-state index is 0.00665. The predicted molar refractivity (Wildman–Crippen MR) is 150 cm³/mol. The summed E-state index contributed by atoms with van der Waals surface area (Å²) < 4.78 is 45.9. The first-order chi connectivity index (χ1) is 18.4. The van der Waals surface area contributed by atoms with E-state index in [1.807, 2.05) is 48.5 Å². The van der Waals surface area contributed by atoms with E-state index >= 15 is 0 Å². The van der Waals surface area contributed by atoms with Crippen LogP contribution in [0.5, 0.6) is 11.5 Å². The molecule has 0 saturated carbocycles. The summed E-state index contributed by atoms with van der Waals surface area (Å²) in [5.74, 6) is 1.12. The summed E-state index contributed by atoms with van der Waals surface area (Å²) in [5.41, 5.74) is 1.80. The van der Waals surface area contributed by atoms with Gasteiger partial charge in [-0.2, -0.15) is 4.31 Å². The van der Waals surface area contributed by atoms with Gasteiger partial charge >= 0.3 is 0 Å². The number of benzene rings is 3. The van der Waals surface area contributed by atoms with Crippen LogP contribution in [0.15, 0.2) is 71.6 Å². The zero-order chi connectivity index (χ0) is 27.0. The summed E-state index contributed by atoms with van der Waals surface area (Å²) in [6.07, 6.45) is 0.660. The van der Waals surface area contributed by atoms with Crippen molar-refractivity contribution in [2.24, 2.45) is 0 Å². The summed E-state index contributed by atoms with van der Waals surface area (Å²) in [6, 6.07) is 19.8. The molecule has 1 aliphatic heterocycles. The second kappa shape index (κ2) is 13.6. The molecule has 0 atom stereocenters. The van der Waals surface area contributed by atoms with Crippen LogP contribution in [0.25, 0.3) is 0 Å². The van der Waals surface area contributed by atoms with Crippen molar-refractivity contribution in [1.82, 2.24) is 9.21 Å². The zero-order valence-corrected chi connectivity index (χ0v) is 23.6. The highest BCUT2D eigenvalue weighted by molar-refractivity contribution is 7.89. The molecule has 0 bridgehead atoms. The highest BCUT2D eigenvalue weighted by atomic mass is 35.5. The van der Waals surface area contributed by atoms with Gasteiger partial charge in [0.25, 0.3) is 0 Å². The fourth-order valence-corrected chi connectivity index (χ4v) is 6.47. The molecule has 0 radical (unpaired) electrons. The number of hydrogen-bond acceptors (Lipinski definition) is 6. The molecule has 3 aromatic rings. The Balaban J connectivity index is 1.53. The molecule has 10 heteroatoms. The first-order valence-electron chi connectivity index (χ1n) is 12.5. The van der Waals surface area contributed by atoms with Gasteiger partial charge in [0.15, 0.2) is 11.5 Å². The number of methoxy groups -OCH3 is 1. The van der Waals surface area contributed by atoms with Gasteiger partial charge in [0.2, 0.25) is 10.0 Å². The van der Waals surface area contributed by atoms with Gasteiger partial charge in [0, 0.05) is 31.2 Å². The minimum Gasteiger partial charge on any atom is -0.493 e.